The lowest BCUT2D eigenvalue weighted by atomic mass is 10.1. The van der Waals surface area contributed by atoms with Gasteiger partial charge in [0.05, 0.1) is 29.1 Å². The van der Waals surface area contributed by atoms with Gasteiger partial charge in [0, 0.05) is 31.5 Å². The summed E-state index contributed by atoms with van der Waals surface area (Å²) in [6.07, 6.45) is 5.26. The van der Waals surface area contributed by atoms with E-state index in [4.69, 9.17) is 11.6 Å². The maximum atomic E-state index is 12.5. The maximum Gasteiger partial charge on any atom is 0.333 e. The van der Waals surface area contributed by atoms with Crippen molar-refractivity contribution in [3.63, 3.8) is 0 Å². The van der Waals surface area contributed by atoms with Gasteiger partial charge in [0.1, 0.15) is 5.15 Å². The van der Waals surface area contributed by atoms with E-state index in [1.54, 1.807) is 12.3 Å². The number of pyridine rings is 1. The Morgan fingerprint density at radius 2 is 2.17 bits per heavy atom. The zero-order valence-electron chi connectivity index (χ0n) is 12.7. The minimum absolute atomic E-state index is 0.334. The molecular weight excluding hydrogens is 338 g/mol. The number of hydrogen-bond acceptors (Lipinski definition) is 4. The summed E-state index contributed by atoms with van der Waals surface area (Å²) in [5.41, 5.74) is 1.79. The first-order chi connectivity index (χ1) is 11.5. The summed E-state index contributed by atoms with van der Waals surface area (Å²) in [5.74, 6) is 5.74. The minimum atomic E-state index is -2.69. The fraction of sp³-hybridized carbons (Fsp3) is 0.375. The number of aromatic nitrogens is 3. The topological polar surface area (TPSA) is 54.2 Å². The van der Waals surface area contributed by atoms with Crippen molar-refractivity contribution in [1.29, 1.82) is 0 Å². The Morgan fingerprint density at radius 1 is 1.33 bits per heavy atom. The summed E-state index contributed by atoms with van der Waals surface area (Å²) in [7, 11) is 0. The molecule has 0 saturated carbocycles. The van der Waals surface area contributed by atoms with Crippen LogP contribution in [0.25, 0.3) is 0 Å². The van der Waals surface area contributed by atoms with E-state index >= 15 is 0 Å². The van der Waals surface area contributed by atoms with Crippen molar-refractivity contribution in [2.24, 2.45) is 0 Å². The van der Waals surface area contributed by atoms with Crippen LogP contribution in [-0.4, -0.2) is 39.1 Å². The lowest BCUT2D eigenvalue weighted by Crippen LogP contribution is -2.38. The molecule has 1 fully saturated rings. The molecule has 1 aliphatic heterocycles. The second-order valence-corrected chi connectivity index (χ2v) is 5.89. The molecule has 2 aromatic rings. The highest BCUT2D eigenvalue weighted by atomic mass is 35.5. The molecule has 0 spiro atoms. The molecule has 126 valence electrons. The molecule has 8 heteroatoms. The van der Waals surface area contributed by atoms with E-state index < -0.39 is 12.7 Å². The zero-order valence-corrected chi connectivity index (χ0v) is 13.4. The SMILES string of the molecule is O[C@H]1CCCN(c2cc(Cl)ncc2C#Cc2cnn(C(F)F)c2)C1. The van der Waals surface area contributed by atoms with E-state index in [1.165, 1.54) is 12.4 Å². The molecule has 1 N–H and O–H groups in total. The first-order valence-electron chi connectivity index (χ1n) is 7.46. The van der Waals surface area contributed by atoms with Crippen molar-refractivity contribution < 1.29 is 13.9 Å². The summed E-state index contributed by atoms with van der Waals surface area (Å²) in [5, 5.41) is 13.7. The van der Waals surface area contributed by atoms with Crippen molar-refractivity contribution in [2.75, 3.05) is 18.0 Å². The van der Waals surface area contributed by atoms with Crippen LogP contribution in [0.15, 0.2) is 24.7 Å². The van der Waals surface area contributed by atoms with Crippen LogP contribution in [0.2, 0.25) is 5.15 Å². The van der Waals surface area contributed by atoms with E-state index in [1.807, 2.05) is 4.90 Å². The van der Waals surface area contributed by atoms with Gasteiger partial charge in [-0.2, -0.15) is 13.9 Å². The molecule has 0 amide bonds. The van der Waals surface area contributed by atoms with Crippen LogP contribution in [0.1, 0.15) is 30.5 Å². The summed E-state index contributed by atoms with van der Waals surface area (Å²) in [6, 6.07) is 1.70. The van der Waals surface area contributed by atoms with Gasteiger partial charge in [-0.25, -0.2) is 9.67 Å². The average Bonchev–Trinajstić information content (AvgIpc) is 3.03. The molecule has 0 radical (unpaired) electrons. The number of rotatable bonds is 2. The van der Waals surface area contributed by atoms with Gasteiger partial charge in [-0.3, -0.25) is 0 Å². The third-order valence-electron chi connectivity index (χ3n) is 3.73. The van der Waals surface area contributed by atoms with Gasteiger partial charge >= 0.3 is 6.55 Å². The van der Waals surface area contributed by atoms with Crippen molar-refractivity contribution in [1.82, 2.24) is 14.8 Å². The Labute approximate surface area is 142 Å². The van der Waals surface area contributed by atoms with Crippen LogP contribution in [0.3, 0.4) is 0 Å². The highest BCUT2D eigenvalue weighted by Crippen LogP contribution is 2.26. The number of piperidine rings is 1. The van der Waals surface area contributed by atoms with E-state index in [2.05, 4.69) is 21.9 Å². The Hall–Kier alpha value is -2.17. The molecular formula is C16H15ClF2N4O. The van der Waals surface area contributed by atoms with Gasteiger partial charge in [0.2, 0.25) is 0 Å². The highest BCUT2D eigenvalue weighted by molar-refractivity contribution is 6.29. The van der Waals surface area contributed by atoms with Gasteiger partial charge in [-0.05, 0) is 12.8 Å². The molecule has 2 aromatic heterocycles. The second kappa shape index (κ2) is 7.16. The zero-order chi connectivity index (χ0) is 17.1. The molecule has 3 heterocycles. The third-order valence-corrected chi connectivity index (χ3v) is 3.94. The first kappa shape index (κ1) is 16.7. The molecule has 5 nitrogen and oxygen atoms in total. The van der Waals surface area contributed by atoms with Crippen molar-refractivity contribution >= 4 is 17.3 Å². The summed E-state index contributed by atoms with van der Waals surface area (Å²) in [6.45, 7) is -1.41. The average molecular weight is 353 g/mol. The number of anilines is 1. The lowest BCUT2D eigenvalue weighted by Gasteiger charge is -2.32. The first-order valence-corrected chi connectivity index (χ1v) is 7.83. The minimum Gasteiger partial charge on any atom is -0.391 e. The van der Waals surface area contributed by atoms with Crippen molar-refractivity contribution in [2.45, 2.75) is 25.5 Å². The molecule has 3 rings (SSSR count). The van der Waals surface area contributed by atoms with Crippen LogP contribution >= 0.6 is 11.6 Å². The number of alkyl halides is 2. The van der Waals surface area contributed by atoms with Gasteiger partial charge in [0.15, 0.2) is 0 Å². The Kier molecular flexibility index (Phi) is 4.97. The van der Waals surface area contributed by atoms with Crippen LogP contribution in [0.4, 0.5) is 14.5 Å². The largest absolute Gasteiger partial charge is 0.391 e. The smallest absolute Gasteiger partial charge is 0.333 e. The van der Waals surface area contributed by atoms with Crippen LogP contribution in [0.5, 0.6) is 0 Å². The van der Waals surface area contributed by atoms with Gasteiger partial charge in [-0.1, -0.05) is 23.4 Å². The van der Waals surface area contributed by atoms with Crippen LogP contribution < -0.4 is 4.90 Å². The molecule has 0 aromatic carbocycles. The fourth-order valence-corrected chi connectivity index (χ4v) is 2.75. The normalized spacial score (nSPS) is 17.7. The molecule has 1 aliphatic rings. The van der Waals surface area contributed by atoms with Gasteiger partial charge in [-0.15, -0.1) is 0 Å². The number of aliphatic hydroxyl groups is 1. The Bertz CT molecular complexity index is 784. The summed E-state index contributed by atoms with van der Waals surface area (Å²) < 4.78 is 25.6. The van der Waals surface area contributed by atoms with E-state index in [0.717, 1.165) is 25.1 Å². The van der Waals surface area contributed by atoms with Gasteiger partial charge < -0.3 is 10.0 Å². The predicted molar refractivity (Wildman–Crippen MR) is 86.2 cm³/mol. The number of nitrogens with zero attached hydrogens (tertiary/aromatic N) is 4. The van der Waals surface area contributed by atoms with E-state index in [9.17, 15) is 13.9 Å². The van der Waals surface area contributed by atoms with Crippen molar-refractivity contribution in [3.05, 3.63) is 40.9 Å². The molecule has 1 saturated heterocycles. The number of aliphatic hydroxyl groups excluding tert-OH is 1. The second-order valence-electron chi connectivity index (χ2n) is 5.50. The number of hydrogen-bond donors (Lipinski definition) is 1. The molecule has 24 heavy (non-hydrogen) atoms. The molecule has 1 atom stereocenters. The monoisotopic (exact) mass is 352 g/mol. The number of halogens is 3. The summed E-state index contributed by atoms with van der Waals surface area (Å²) in [4.78, 5) is 6.04. The quantitative estimate of drug-likeness (QED) is 0.667. The van der Waals surface area contributed by atoms with Crippen molar-refractivity contribution in [3.8, 4) is 11.8 Å². The highest BCUT2D eigenvalue weighted by Gasteiger charge is 2.20. The third kappa shape index (κ3) is 3.83. The Balaban J connectivity index is 1.89. The molecule has 0 bridgehead atoms. The van der Waals surface area contributed by atoms with Gasteiger partial charge in [0.25, 0.3) is 0 Å². The predicted octanol–water partition coefficient (Wildman–Crippen LogP) is 2.69. The standard InChI is InChI=1S/C16H15ClF2N4O/c17-15-6-14(22-5-1-2-13(24)10-22)12(8-20-15)4-3-11-7-21-23(9-11)16(18)19/h6-9,13,16,24H,1-2,5,10H2/t13-/m0/s1. The maximum absolute atomic E-state index is 12.5. The molecule has 0 aliphatic carbocycles. The number of β-amino-alcohol motifs (C(OH)–C–C–N with tert-alkyl or cyclic N) is 1. The summed E-state index contributed by atoms with van der Waals surface area (Å²) >= 11 is 5.98. The fourth-order valence-electron chi connectivity index (χ4n) is 2.60. The van der Waals surface area contributed by atoms with E-state index in [-0.39, 0.29) is 0 Å². The lowest BCUT2D eigenvalue weighted by molar-refractivity contribution is 0.0566. The van der Waals surface area contributed by atoms with E-state index in [0.29, 0.717) is 27.5 Å². The van der Waals surface area contributed by atoms with Crippen LogP contribution in [0, 0.1) is 11.8 Å². The molecule has 0 unspecified atom stereocenters. The Morgan fingerprint density at radius 3 is 2.88 bits per heavy atom. The van der Waals surface area contributed by atoms with Crippen LogP contribution in [-0.2, 0) is 0 Å².